The number of rotatable bonds is 4. The van der Waals surface area contributed by atoms with E-state index in [4.69, 9.17) is 11.7 Å². The maximum absolute atomic E-state index is 5.17. The third kappa shape index (κ3) is 4.81. The maximum Gasteiger partial charge on any atom is 0.140 e. The van der Waals surface area contributed by atoms with Crippen molar-refractivity contribution in [2.75, 3.05) is 0 Å². The number of hydrazine groups is 1. The Hall–Kier alpha value is -1.55. The van der Waals surface area contributed by atoms with Crippen molar-refractivity contribution >= 4 is 5.84 Å². The zero-order chi connectivity index (χ0) is 10.1. The molecule has 0 bridgehead atoms. The molecule has 0 unspecified atom stereocenters. The molecule has 0 aromatic heterocycles. The predicted molar refractivity (Wildman–Crippen MR) is 56.7 cm³/mol. The lowest BCUT2D eigenvalue weighted by atomic mass is 10.1. The van der Waals surface area contributed by atoms with Crippen molar-refractivity contribution in [2.24, 2.45) is 16.8 Å². The maximum atomic E-state index is 5.17. The van der Waals surface area contributed by atoms with Gasteiger partial charge < -0.3 is 11.3 Å². The van der Waals surface area contributed by atoms with Crippen LogP contribution in [-0.2, 0) is 0 Å². The van der Waals surface area contributed by atoms with E-state index in [-0.39, 0.29) is 0 Å². The van der Waals surface area contributed by atoms with Gasteiger partial charge in [0, 0.05) is 6.42 Å². The van der Waals surface area contributed by atoms with E-state index < -0.39 is 0 Å². The largest absolute Gasteiger partial charge is 0.322 e. The molecule has 0 radical (unpaired) electrons. The smallest absolute Gasteiger partial charge is 0.140 e. The molecule has 0 rings (SSSR count). The van der Waals surface area contributed by atoms with E-state index in [1.807, 2.05) is 25.2 Å². The first-order valence-corrected chi connectivity index (χ1v) is 3.96. The van der Waals surface area contributed by atoms with Gasteiger partial charge >= 0.3 is 0 Å². The Balaban J connectivity index is 4.36. The normalized spacial score (nSPS) is 13.4. The number of nitrogens with zero attached hydrogens (tertiary/aromatic N) is 1. The molecule has 0 saturated carbocycles. The third-order valence-electron chi connectivity index (χ3n) is 1.46. The summed E-state index contributed by atoms with van der Waals surface area (Å²) in [6.45, 7) is 5.61. The second kappa shape index (κ2) is 7.12. The summed E-state index contributed by atoms with van der Waals surface area (Å²) in [7, 11) is 0. The average molecular weight is 180 g/mol. The molecule has 0 aromatic rings. The molecular weight excluding hydrogens is 164 g/mol. The highest BCUT2D eigenvalue weighted by Crippen LogP contribution is 2.02. The minimum Gasteiger partial charge on any atom is -0.322 e. The molecule has 13 heavy (non-hydrogen) atoms. The van der Waals surface area contributed by atoms with Gasteiger partial charge in [-0.05, 0) is 12.5 Å². The van der Waals surface area contributed by atoms with E-state index in [1.165, 1.54) is 0 Å². The Kier molecular flexibility index (Phi) is 6.27. The Morgan fingerprint density at radius 1 is 1.62 bits per heavy atom. The lowest BCUT2D eigenvalue weighted by Crippen LogP contribution is -2.31. The summed E-state index contributed by atoms with van der Waals surface area (Å²) in [6, 6.07) is 0. The van der Waals surface area contributed by atoms with Gasteiger partial charge in [-0.25, -0.2) is 5.84 Å². The number of amidine groups is 1. The fourth-order valence-corrected chi connectivity index (χ4v) is 0.746. The first-order chi connectivity index (χ1) is 6.28. The Bertz CT molecular complexity index is 238. The van der Waals surface area contributed by atoms with Gasteiger partial charge in [0.25, 0.3) is 0 Å². The van der Waals surface area contributed by atoms with Crippen LogP contribution in [0.4, 0.5) is 0 Å². The Labute approximate surface area is 78.7 Å². The van der Waals surface area contributed by atoms with Crippen LogP contribution >= 0.6 is 0 Å². The molecule has 5 N–H and O–H groups in total. The molecule has 0 saturated heterocycles. The van der Waals surface area contributed by atoms with E-state index in [2.05, 4.69) is 17.1 Å². The summed E-state index contributed by atoms with van der Waals surface area (Å²) in [5.74, 6) is 10.8. The molecule has 0 aliphatic carbocycles. The minimum absolute atomic E-state index is 0.524. The van der Waals surface area contributed by atoms with Crippen LogP contribution in [0.15, 0.2) is 41.6 Å². The number of allylic oxidation sites excluding steroid dienone is 4. The van der Waals surface area contributed by atoms with Crippen molar-refractivity contribution in [3.8, 4) is 0 Å². The van der Waals surface area contributed by atoms with Crippen LogP contribution in [0.5, 0.6) is 0 Å². The van der Waals surface area contributed by atoms with E-state index in [1.54, 1.807) is 6.08 Å². The molecule has 0 aromatic carbocycles. The van der Waals surface area contributed by atoms with Crippen LogP contribution in [0.25, 0.3) is 0 Å². The van der Waals surface area contributed by atoms with Crippen LogP contribution in [0.1, 0.15) is 13.3 Å². The van der Waals surface area contributed by atoms with Gasteiger partial charge in [0.05, 0.1) is 0 Å². The summed E-state index contributed by atoms with van der Waals surface area (Å²) in [6.07, 6.45) is 8.07. The number of hydrazone groups is 1. The zero-order valence-electron chi connectivity index (χ0n) is 7.83. The molecule has 0 spiro atoms. The van der Waals surface area contributed by atoms with Crippen molar-refractivity contribution < 1.29 is 0 Å². The first kappa shape index (κ1) is 11.4. The standard InChI is InChI=1S/C9H16N4/c1-3-5-6-8(4-2)7-9(12-10)13-11/h3-6H,2,7,10-11H2,1H3,(H,12,13)/b5-3+,8-6+. The van der Waals surface area contributed by atoms with E-state index in [0.717, 1.165) is 5.57 Å². The lowest BCUT2D eigenvalue weighted by molar-refractivity contribution is 0.969. The highest BCUT2D eigenvalue weighted by atomic mass is 15.3. The Morgan fingerprint density at radius 3 is 2.69 bits per heavy atom. The van der Waals surface area contributed by atoms with Gasteiger partial charge in [0.1, 0.15) is 5.84 Å². The molecular formula is C9H16N4. The molecule has 72 valence electrons. The first-order valence-electron chi connectivity index (χ1n) is 3.96. The van der Waals surface area contributed by atoms with Gasteiger partial charge in [-0.1, -0.05) is 30.9 Å². The predicted octanol–water partition coefficient (Wildman–Crippen LogP) is 0.800. The quantitative estimate of drug-likeness (QED) is 0.197. The van der Waals surface area contributed by atoms with Gasteiger partial charge in [0.15, 0.2) is 0 Å². The molecule has 0 aliphatic heterocycles. The second-order valence-electron chi connectivity index (χ2n) is 2.37. The van der Waals surface area contributed by atoms with E-state index in [9.17, 15) is 0 Å². The number of nitrogens with one attached hydrogen (secondary N) is 1. The van der Waals surface area contributed by atoms with Gasteiger partial charge in [-0.3, -0.25) is 0 Å². The summed E-state index contributed by atoms with van der Waals surface area (Å²) < 4.78 is 0. The summed E-state index contributed by atoms with van der Waals surface area (Å²) in [5, 5.41) is 3.47. The summed E-state index contributed by atoms with van der Waals surface area (Å²) in [4.78, 5) is 0. The monoisotopic (exact) mass is 180 g/mol. The lowest BCUT2D eigenvalue weighted by Gasteiger charge is -2.03. The van der Waals surface area contributed by atoms with Crippen molar-refractivity contribution in [1.82, 2.24) is 5.43 Å². The fourth-order valence-electron chi connectivity index (χ4n) is 0.746. The zero-order valence-corrected chi connectivity index (χ0v) is 7.83. The van der Waals surface area contributed by atoms with Gasteiger partial charge in [-0.15, -0.1) is 0 Å². The summed E-state index contributed by atoms with van der Waals surface area (Å²) in [5.41, 5.74) is 3.41. The van der Waals surface area contributed by atoms with Crippen LogP contribution in [0.2, 0.25) is 0 Å². The topological polar surface area (TPSA) is 76.4 Å². The fraction of sp³-hybridized carbons (Fsp3) is 0.222. The van der Waals surface area contributed by atoms with E-state index in [0.29, 0.717) is 12.3 Å². The molecule has 0 amide bonds. The Morgan fingerprint density at radius 2 is 2.31 bits per heavy atom. The number of hydrogen-bond donors (Lipinski definition) is 3. The highest BCUT2D eigenvalue weighted by Gasteiger charge is 1.97. The van der Waals surface area contributed by atoms with Gasteiger partial charge in [0.2, 0.25) is 0 Å². The van der Waals surface area contributed by atoms with Crippen molar-refractivity contribution in [1.29, 1.82) is 0 Å². The van der Waals surface area contributed by atoms with Gasteiger partial charge in [-0.2, -0.15) is 5.10 Å². The molecule has 0 atom stereocenters. The number of nitrogens with two attached hydrogens (primary N) is 2. The average Bonchev–Trinajstić information content (AvgIpc) is 2.19. The van der Waals surface area contributed by atoms with E-state index >= 15 is 0 Å². The molecule has 0 heterocycles. The van der Waals surface area contributed by atoms with Crippen molar-refractivity contribution in [2.45, 2.75) is 13.3 Å². The third-order valence-corrected chi connectivity index (χ3v) is 1.46. The number of hydrogen-bond acceptors (Lipinski definition) is 3. The van der Waals surface area contributed by atoms with Crippen molar-refractivity contribution in [3.05, 3.63) is 36.5 Å². The van der Waals surface area contributed by atoms with Crippen LogP contribution < -0.4 is 17.1 Å². The highest BCUT2D eigenvalue weighted by molar-refractivity contribution is 5.84. The van der Waals surface area contributed by atoms with Crippen molar-refractivity contribution in [3.63, 3.8) is 0 Å². The summed E-state index contributed by atoms with van der Waals surface area (Å²) >= 11 is 0. The van der Waals surface area contributed by atoms with Crippen LogP contribution in [0.3, 0.4) is 0 Å². The van der Waals surface area contributed by atoms with Crippen LogP contribution in [-0.4, -0.2) is 5.84 Å². The molecule has 0 aliphatic rings. The SMILES string of the molecule is C=C/C(=C\C=C\C)C/C(=N/N)NN. The molecule has 4 nitrogen and oxygen atoms in total. The molecule has 4 heteroatoms. The molecule has 0 fully saturated rings. The minimum atomic E-state index is 0.524. The van der Waals surface area contributed by atoms with Crippen LogP contribution in [0, 0.1) is 0 Å². The second-order valence-corrected chi connectivity index (χ2v) is 2.37.